The molecular weight excluding hydrogens is 174 g/mol. The topological polar surface area (TPSA) is 32.3 Å². The monoisotopic (exact) mass is 201 g/mol. The van der Waals surface area contributed by atoms with Gasteiger partial charge in [0, 0.05) is 12.6 Å². The Kier molecular flexibility index (Phi) is 6.38. The van der Waals surface area contributed by atoms with E-state index in [4.69, 9.17) is 0 Å². The van der Waals surface area contributed by atoms with E-state index >= 15 is 0 Å². The van der Waals surface area contributed by atoms with Gasteiger partial charge in [-0.1, -0.05) is 27.2 Å². The Labute approximate surface area is 89.1 Å². The van der Waals surface area contributed by atoms with Crippen molar-refractivity contribution in [3.05, 3.63) is 0 Å². The van der Waals surface area contributed by atoms with Gasteiger partial charge in [0.2, 0.25) is 0 Å². The van der Waals surface area contributed by atoms with Gasteiger partial charge in [0.05, 0.1) is 5.60 Å². The largest absolute Gasteiger partial charge is 0.389 e. The molecule has 0 fully saturated rings. The molecule has 0 aromatic rings. The number of rotatable bonds is 7. The van der Waals surface area contributed by atoms with Gasteiger partial charge >= 0.3 is 0 Å². The van der Waals surface area contributed by atoms with Crippen LogP contribution in [0.4, 0.5) is 0 Å². The van der Waals surface area contributed by atoms with E-state index in [-0.39, 0.29) is 0 Å². The number of hydrogen-bond donors (Lipinski definition) is 2. The van der Waals surface area contributed by atoms with Crippen molar-refractivity contribution in [3.8, 4) is 0 Å². The molecule has 3 unspecified atom stereocenters. The van der Waals surface area contributed by atoms with E-state index in [2.05, 4.69) is 26.1 Å². The van der Waals surface area contributed by atoms with E-state index in [0.29, 0.717) is 12.6 Å². The second kappa shape index (κ2) is 6.41. The molecule has 2 nitrogen and oxygen atoms in total. The van der Waals surface area contributed by atoms with E-state index in [1.54, 1.807) is 0 Å². The molecule has 0 radical (unpaired) electrons. The summed E-state index contributed by atoms with van der Waals surface area (Å²) in [7, 11) is 0. The minimum absolute atomic E-state index is 0.503. The number of nitrogens with one attached hydrogen (secondary N) is 1. The number of hydrogen-bond acceptors (Lipinski definition) is 2. The van der Waals surface area contributed by atoms with Crippen molar-refractivity contribution >= 4 is 0 Å². The fourth-order valence-electron chi connectivity index (χ4n) is 1.37. The molecule has 86 valence electrons. The third kappa shape index (κ3) is 6.39. The van der Waals surface area contributed by atoms with Gasteiger partial charge in [-0.3, -0.25) is 0 Å². The predicted molar refractivity (Wildman–Crippen MR) is 62.5 cm³/mol. The highest BCUT2D eigenvalue weighted by atomic mass is 16.3. The maximum absolute atomic E-state index is 9.80. The highest BCUT2D eigenvalue weighted by Crippen LogP contribution is 2.11. The Hall–Kier alpha value is -0.0800. The zero-order valence-corrected chi connectivity index (χ0v) is 10.4. The van der Waals surface area contributed by atoms with E-state index in [9.17, 15) is 5.11 Å². The molecule has 0 bridgehead atoms. The van der Waals surface area contributed by atoms with Crippen LogP contribution in [0.25, 0.3) is 0 Å². The molecule has 0 aliphatic rings. The van der Waals surface area contributed by atoms with Crippen molar-refractivity contribution in [3.63, 3.8) is 0 Å². The summed E-state index contributed by atoms with van der Waals surface area (Å²) in [4.78, 5) is 0. The average Bonchev–Trinajstić information content (AvgIpc) is 2.15. The second-order valence-electron chi connectivity index (χ2n) is 4.88. The van der Waals surface area contributed by atoms with Crippen LogP contribution in [0, 0.1) is 5.92 Å². The van der Waals surface area contributed by atoms with Crippen LogP contribution in [0.2, 0.25) is 0 Å². The standard InChI is InChI=1S/C12H27NO/c1-6-10(3)8-11(4)13-9-12(5,14)7-2/h10-11,13-14H,6-9H2,1-5H3. The molecule has 14 heavy (non-hydrogen) atoms. The van der Waals surface area contributed by atoms with Crippen LogP contribution in [-0.2, 0) is 0 Å². The van der Waals surface area contributed by atoms with E-state index in [0.717, 1.165) is 12.3 Å². The lowest BCUT2D eigenvalue weighted by atomic mass is 9.99. The molecular formula is C12H27NO. The fourth-order valence-corrected chi connectivity index (χ4v) is 1.37. The molecule has 0 heterocycles. The van der Waals surface area contributed by atoms with Crippen LogP contribution in [0.5, 0.6) is 0 Å². The fraction of sp³-hybridized carbons (Fsp3) is 1.00. The summed E-state index contributed by atoms with van der Waals surface area (Å²) in [5.74, 6) is 0.768. The summed E-state index contributed by atoms with van der Waals surface area (Å²) in [6.07, 6.45) is 3.22. The lowest BCUT2D eigenvalue weighted by molar-refractivity contribution is 0.0526. The highest BCUT2D eigenvalue weighted by Gasteiger charge is 2.18. The van der Waals surface area contributed by atoms with Crippen molar-refractivity contribution in [2.75, 3.05) is 6.54 Å². The lowest BCUT2D eigenvalue weighted by Crippen LogP contribution is -2.41. The molecule has 0 aromatic carbocycles. The van der Waals surface area contributed by atoms with Gasteiger partial charge in [0.1, 0.15) is 0 Å². The lowest BCUT2D eigenvalue weighted by Gasteiger charge is -2.25. The number of aliphatic hydroxyl groups is 1. The molecule has 0 saturated carbocycles. The maximum Gasteiger partial charge on any atom is 0.0741 e. The normalized spacial score (nSPS) is 20.1. The third-order valence-electron chi connectivity index (χ3n) is 3.05. The van der Waals surface area contributed by atoms with Crippen LogP contribution < -0.4 is 5.32 Å². The van der Waals surface area contributed by atoms with Gasteiger partial charge in [-0.25, -0.2) is 0 Å². The van der Waals surface area contributed by atoms with Gasteiger partial charge in [0.25, 0.3) is 0 Å². The van der Waals surface area contributed by atoms with Gasteiger partial charge in [-0.15, -0.1) is 0 Å². The molecule has 0 aromatic heterocycles. The first-order valence-electron chi connectivity index (χ1n) is 5.87. The minimum atomic E-state index is -0.552. The van der Waals surface area contributed by atoms with Crippen molar-refractivity contribution in [2.45, 2.75) is 65.5 Å². The first kappa shape index (κ1) is 13.9. The Morgan fingerprint density at radius 2 is 1.86 bits per heavy atom. The molecule has 2 N–H and O–H groups in total. The first-order chi connectivity index (χ1) is 6.41. The minimum Gasteiger partial charge on any atom is -0.389 e. The quantitative estimate of drug-likeness (QED) is 0.663. The van der Waals surface area contributed by atoms with Gasteiger partial charge in [-0.05, 0) is 32.6 Å². The maximum atomic E-state index is 9.80. The van der Waals surface area contributed by atoms with Crippen molar-refractivity contribution in [1.82, 2.24) is 5.32 Å². The SMILES string of the molecule is CCC(C)CC(C)NCC(C)(O)CC. The molecule has 2 heteroatoms. The Balaban J connectivity index is 3.68. The molecule has 0 aliphatic carbocycles. The Morgan fingerprint density at radius 3 is 2.29 bits per heavy atom. The zero-order valence-electron chi connectivity index (χ0n) is 10.4. The van der Waals surface area contributed by atoms with Gasteiger partial charge < -0.3 is 10.4 Å². The first-order valence-corrected chi connectivity index (χ1v) is 5.87. The zero-order chi connectivity index (χ0) is 11.2. The summed E-state index contributed by atoms with van der Waals surface area (Å²) in [5.41, 5.74) is -0.552. The summed E-state index contributed by atoms with van der Waals surface area (Å²) < 4.78 is 0. The van der Waals surface area contributed by atoms with E-state index < -0.39 is 5.60 Å². The molecule has 0 saturated heterocycles. The highest BCUT2D eigenvalue weighted by molar-refractivity contribution is 4.76. The molecule has 0 aliphatic heterocycles. The van der Waals surface area contributed by atoms with Crippen LogP contribution in [0.3, 0.4) is 0 Å². The van der Waals surface area contributed by atoms with Crippen LogP contribution >= 0.6 is 0 Å². The van der Waals surface area contributed by atoms with Gasteiger partial charge in [-0.2, -0.15) is 0 Å². The van der Waals surface area contributed by atoms with Crippen molar-refractivity contribution in [1.29, 1.82) is 0 Å². The van der Waals surface area contributed by atoms with Crippen LogP contribution in [0.15, 0.2) is 0 Å². The molecule has 3 atom stereocenters. The van der Waals surface area contributed by atoms with Crippen molar-refractivity contribution in [2.24, 2.45) is 5.92 Å². The third-order valence-corrected chi connectivity index (χ3v) is 3.05. The second-order valence-corrected chi connectivity index (χ2v) is 4.88. The van der Waals surface area contributed by atoms with Crippen LogP contribution in [-0.4, -0.2) is 23.3 Å². The van der Waals surface area contributed by atoms with Gasteiger partial charge in [0.15, 0.2) is 0 Å². The summed E-state index contributed by atoms with van der Waals surface area (Å²) in [5, 5.41) is 13.2. The Bertz CT molecular complexity index is 145. The summed E-state index contributed by atoms with van der Waals surface area (Å²) >= 11 is 0. The van der Waals surface area contributed by atoms with Crippen LogP contribution in [0.1, 0.15) is 53.9 Å². The average molecular weight is 201 g/mol. The molecule has 0 rings (SSSR count). The summed E-state index contributed by atoms with van der Waals surface area (Å²) in [6, 6.07) is 0.503. The van der Waals surface area contributed by atoms with Crippen molar-refractivity contribution < 1.29 is 5.11 Å². The van der Waals surface area contributed by atoms with E-state index in [1.807, 2.05) is 13.8 Å². The molecule has 0 amide bonds. The summed E-state index contributed by atoms with van der Waals surface area (Å²) in [6.45, 7) is 11.3. The predicted octanol–water partition coefficient (Wildman–Crippen LogP) is 2.56. The van der Waals surface area contributed by atoms with E-state index in [1.165, 1.54) is 12.8 Å². The Morgan fingerprint density at radius 1 is 1.29 bits per heavy atom. The smallest absolute Gasteiger partial charge is 0.0741 e. The molecule has 0 spiro atoms.